The summed E-state index contributed by atoms with van der Waals surface area (Å²) in [5.41, 5.74) is 3.43. The van der Waals surface area contributed by atoms with Crippen LogP contribution < -0.4 is 0 Å². The summed E-state index contributed by atoms with van der Waals surface area (Å²) < 4.78 is 0. The highest BCUT2D eigenvalue weighted by atomic mass is 14.0. The molecule has 0 radical (unpaired) electrons. The Labute approximate surface area is 121 Å². The summed E-state index contributed by atoms with van der Waals surface area (Å²) >= 11 is 0. The van der Waals surface area contributed by atoms with E-state index in [0.717, 1.165) is 5.57 Å². The summed E-state index contributed by atoms with van der Waals surface area (Å²) in [5, 5.41) is 0. The van der Waals surface area contributed by atoms with E-state index in [-0.39, 0.29) is 0 Å². The van der Waals surface area contributed by atoms with Gasteiger partial charge in [-0.05, 0) is 16.7 Å². The first kappa shape index (κ1) is 13.8. The van der Waals surface area contributed by atoms with E-state index < -0.39 is 0 Å². The van der Waals surface area contributed by atoms with Crippen molar-refractivity contribution in [2.45, 2.75) is 0 Å². The Kier molecular flexibility index (Phi) is 5.36. The van der Waals surface area contributed by atoms with Crippen molar-refractivity contribution in [3.63, 3.8) is 0 Å². The zero-order valence-electron chi connectivity index (χ0n) is 11.4. The van der Waals surface area contributed by atoms with Gasteiger partial charge in [-0.3, -0.25) is 0 Å². The fraction of sp³-hybridized carbons (Fsp3) is 0. The fourth-order valence-electron chi connectivity index (χ4n) is 1.83. The quantitative estimate of drug-likeness (QED) is 0.574. The van der Waals surface area contributed by atoms with Crippen molar-refractivity contribution < 1.29 is 0 Å². The first-order valence-corrected chi connectivity index (χ1v) is 6.67. The molecule has 0 aromatic heterocycles. The van der Waals surface area contributed by atoms with E-state index in [1.54, 1.807) is 0 Å². The number of benzene rings is 3. The highest BCUT2D eigenvalue weighted by Gasteiger charge is 1.99. The Bertz CT molecular complexity index is 542. The van der Waals surface area contributed by atoms with Crippen molar-refractivity contribution in [2.24, 2.45) is 0 Å². The van der Waals surface area contributed by atoms with E-state index in [9.17, 15) is 0 Å². The maximum absolute atomic E-state index is 4.10. The molecule has 3 aromatic rings. The van der Waals surface area contributed by atoms with Gasteiger partial charge in [0.05, 0.1) is 0 Å². The van der Waals surface area contributed by atoms with Crippen LogP contribution in [0.25, 0.3) is 5.57 Å². The van der Waals surface area contributed by atoms with Crippen molar-refractivity contribution in [3.8, 4) is 0 Å². The van der Waals surface area contributed by atoms with E-state index >= 15 is 0 Å². The molecule has 0 unspecified atom stereocenters. The van der Waals surface area contributed by atoms with Crippen molar-refractivity contribution in [2.75, 3.05) is 0 Å². The summed E-state index contributed by atoms with van der Waals surface area (Å²) in [6.07, 6.45) is 0. The Balaban J connectivity index is 0.000000205. The van der Waals surface area contributed by atoms with Crippen LogP contribution in [-0.2, 0) is 0 Å². The molecule has 20 heavy (non-hydrogen) atoms. The first-order valence-electron chi connectivity index (χ1n) is 6.67. The lowest BCUT2D eigenvalue weighted by Gasteiger charge is -2.04. The smallest absolute Gasteiger partial charge is 0.0183 e. The zero-order chi connectivity index (χ0) is 14.0. The second kappa shape index (κ2) is 7.75. The molecule has 98 valence electrons. The Morgan fingerprint density at radius 2 is 0.700 bits per heavy atom. The monoisotopic (exact) mass is 258 g/mol. The highest BCUT2D eigenvalue weighted by molar-refractivity contribution is 5.77. The molecule has 0 nitrogen and oxygen atoms in total. The summed E-state index contributed by atoms with van der Waals surface area (Å²) in [7, 11) is 0. The van der Waals surface area contributed by atoms with Crippen molar-refractivity contribution >= 4 is 5.57 Å². The Hall–Kier alpha value is -2.60. The van der Waals surface area contributed by atoms with Crippen LogP contribution in [0.1, 0.15) is 11.1 Å². The lowest BCUT2D eigenvalue weighted by atomic mass is 10.0. The van der Waals surface area contributed by atoms with Gasteiger partial charge in [-0.1, -0.05) is 104 Å². The largest absolute Gasteiger partial charge is 0.0906 e. The van der Waals surface area contributed by atoms with E-state index in [1.165, 1.54) is 11.1 Å². The minimum absolute atomic E-state index is 1.08. The van der Waals surface area contributed by atoms with Gasteiger partial charge in [0.15, 0.2) is 0 Å². The van der Waals surface area contributed by atoms with E-state index in [0.29, 0.717) is 0 Å². The van der Waals surface area contributed by atoms with Crippen LogP contribution in [0.2, 0.25) is 0 Å². The molecule has 0 spiro atoms. The van der Waals surface area contributed by atoms with Crippen LogP contribution in [0.3, 0.4) is 0 Å². The lowest BCUT2D eigenvalue weighted by Crippen LogP contribution is -1.84. The molecule has 0 saturated heterocycles. The van der Waals surface area contributed by atoms with Gasteiger partial charge >= 0.3 is 0 Å². The van der Waals surface area contributed by atoms with Gasteiger partial charge in [-0.25, -0.2) is 0 Å². The van der Waals surface area contributed by atoms with Gasteiger partial charge in [0.2, 0.25) is 0 Å². The van der Waals surface area contributed by atoms with Crippen LogP contribution in [0.4, 0.5) is 0 Å². The van der Waals surface area contributed by atoms with Crippen LogP contribution >= 0.6 is 0 Å². The summed E-state index contributed by atoms with van der Waals surface area (Å²) in [6.45, 7) is 4.10. The molecule has 0 aliphatic carbocycles. The van der Waals surface area contributed by atoms with Crippen LogP contribution in [0.5, 0.6) is 0 Å². The molecule has 0 amide bonds. The average Bonchev–Trinajstić information content (AvgIpc) is 2.58. The maximum Gasteiger partial charge on any atom is -0.0183 e. The van der Waals surface area contributed by atoms with E-state index in [2.05, 4.69) is 30.8 Å². The van der Waals surface area contributed by atoms with Crippen LogP contribution in [0, 0.1) is 0 Å². The second-order valence-electron chi connectivity index (χ2n) is 4.37. The third-order valence-corrected chi connectivity index (χ3v) is 2.91. The molecule has 0 saturated carbocycles. The second-order valence-corrected chi connectivity index (χ2v) is 4.37. The van der Waals surface area contributed by atoms with Crippen molar-refractivity contribution in [1.82, 2.24) is 0 Å². The third kappa shape index (κ3) is 4.25. The minimum atomic E-state index is 1.08. The fourth-order valence-corrected chi connectivity index (χ4v) is 1.83. The van der Waals surface area contributed by atoms with Gasteiger partial charge in [0.1, 0.15) is 0 Å². The van der Waals surface area contributed by atoms with Gasteiger partial charge in [0, 0.05) is 0 Å². The Morgan fingerprint density at radius 1 is 0.450 bits per heavy atom. The summed E-state index contributed by atoms with van der Waals surface area (Å²) in [4.78, 5) is 0. The molecule has 0 heteroatoms. The van der Waals surface area contributed by atoms with Crippen LogP contribution in [-0.4, -0.2) is 0 Å². The molecule has 0 heterocycles. The highest BCUT2D eigenvalue weighted by Crippen LogP contribution is 2.20. The molecular weight excluding hydrogens is 240 g/mol. The van der Waals surface area contributed by atoms with Gasteiger partial charge in [-0.15, -0.1) is 0 Å². The molecule has 3 aromatic carbocycles. The Morgan fingerprint density at radius 3 is 1.00 bits per heavy atom. The standard InChI is InChI=1S/C14H12.C6H6/c1-12(13-8-4-2-5-9-13)14-10-6-3-7-11-14;1-2-4-6-5-3-1/h2-11H,1H2;1-6H. The van der Waals surface area contributed by atoms with Gasteiger partial charge < -0.3 is 0 Å². The van der Waals surface area contributed by atoms with Crippen LogP contribution in [0.15, 0.2) is 104 Å². The molecule has 3 rings (SSSR count). The molecule has 0 aliphatic heterocycles. The SMILES string of the molecule is C=C(c1ccccc1)c1ccccc1.c1ccccc1. The number of hydrogen-bond acceptors (Lipinski definition) is 0. The minimum Gasteiger partial charge on any atom is -0.0906 e. The van der Waals surface area contributed by atoms with Crippen molar-refractivity contribution in [1.29, 1.82) is 0 Å². The molecule has 0 aliphatic rings. The predicted molar refractivity (Wildman–Crippen MR) is 87.5 cm³/mol. The normalized spacial score (nSPS) is 9.20. The molecule has 0 atom stereocenters. The third-order valence-electron chi connectivity index (χ3n) is 2.91. The molecule has 0 fully saturated rings. The van der Waals surface area contributed by atoms with Gasteiger partial charge in [-0.2, -0.15) is 0 Å². The number of hydrogen-bond donors (Lipinski definition) is 0. The average molecular weight is 258 g/mol. The van der Waals surface area contributed by atoms with E-state index in [4.69, 9.17) is 0 Å². The molecular formula is C20H18. The summed E-state index contributed by atoms with van der Waals surface area (Å²) in [6, 6.07) is 32.5. The van der Waals surface area contributed by atoms with Crippen molar-refractivity contribution in [3.05, 3.63) is 115 Å². The number of rotatable bonds is 2. The molecule has 0 bridgehead atoms. The zero-order valence-corrected chi connectivity index (χ0v) is 11.4. The van der Waals surface area contributed by atoms with Gasteiger partial charge in [0.25, 0.3) is 0 Å². The lowest BCUT2D eigenvalue weighted by molar-refractivity contribution is 1.56. The molecule has 0 N–H and O–H groups in total. The summed E-state index contributed by atoms with van der Waals surface area (Å²) in [5.74, 6) is 0. The predicted octanol–water partition coefficient (Wildman–Crippen LogP) is 5.43. The topological polar surface area (TPSA) is 0 Å². The first-order chi connectivity index (χ1) is 9.88. The van der Waals surface area contributed by atoms with E-state index in [1.807, 2.05) is 72.8 Å². The maximum atomic E-state index is 4.10.